The monoisotopic (exact) mass is 427 g/mol. The van der Waals surface area contributed by atoms with E-state index in [1.54, 1.807) is 25.6 Å². The van der Waals surface area contributed by atoms with Gasteiger partial charge in [-0.2, -0.15) is 0 Å². The second-order valence-electron chi connectivity index (χ2n) is 8.26. The Hall–Kier alpha value is -2.38. The lowest BCUT2D eigenvalue weighted by molar-refractivity contribution is 0.243. The Morgan fingerprint density at radius 3 is 2.80 bits per heavy atom. The third-order valence-electron chi connectivity index (χ3n) is 6.12. The standard InChI is InChI=1S/C23H29N3O3S/c1-13-6-8-16-19(10-13)30-23-20(16)22(27)24-21(25-23)14(2)26(3)12-15-7-9-17(28-4)18(11-15)29-5/h7,9,11,13-14H,6,8,10,12H2,1-5H3,(H,24,25,27)/t13-,14-/m0/s1. The van der Waals surface area contributed by atoms with Crippen LogP contribution in [0.15, 0.2) is 23.0 Å². The van der Waals surface area contributed by atoms with Crippen molar-refractivity contribution in [1.82, 2.24) is 14.9 Å². The lowest BCUT2D eigenvalue weighted by Gasteiger charge is -2.24. The van der Waals surface area contributed by atoms with E-state index in [2.05, 4.69) is 23.7 Å². The molecule has 2 aromatic heterocycles. The minimum absolute atomic E-state index is 0.00609. The van der Waals surface area contributed by atoms with Gasteiger partial charge in [-0.1, -0.05) is 13.0 Å². The van der Waals surface area contributed by atoms with Gasteiger partial charge in [-0.25, -0.2) is 4.98 Å². The molecule has 0 spiro atoms. The number of nitrogens with one attached hydrogen (secondary N) is 1. The number of aromatic amines is 1. The van der Waals surface area contributed by atoms with E-state index in [-0.39, 0.29) is 11.6 Å². The predicted molar refractivity (Wildman–Crippen MR) is 121 cm³/mol. The van der Waals surface area contributed by atoms with Crippen LogP contribution in [0.4, 0.5) is 0 Å². The fourth-order valence-electron chi connectivity index (χ4n) is 4.18. The highest BCUT2D eigenvalue weighted by molar-refractivity contribution is 7.18. The van der Waals surface area contributed by atoms with Crippen molar-refractivity contribution in [3.8, 4) is 11.5 Å². The Bertz CT molecular complexity index is 1120. The van der Waals surface area contributed by atoms with E-state index in [4.69, 9.17) is 14.5 Å². The van der Waals surface area contributed by atoms with Crippen molar-refractivity contribution < 1.29 is 9.47 Å². The molecule has 2 atom stereocenters. The van der Waals surface area contributed by atoms with E-state index in [0.29, 0.717) is 29.8 Å². The average Bonchev–Trinajstić information content (AvgIpc) is 3.10. The van der Waals surface area contributed by atoms with Crippen LogP contribution in [-0.4, -0.2) is 36.1 Å². The Morgan fingerprint density at radius 1 is 1.30 bits per heavy atom. The van der Waals surface area contributed by atoms with Crippen LogP contribution in [-0.2, 0) is 19.4 Å². The molecule has 7 heteroatoms. The van der Waals surface area contributed by atoms with Crippen LogP contribution in [0.1, 0.15) is 48.1 Å². The Balaban J connectivity index is 1.60. The molecule has 1 aliphatic carbocycles. The van der Waals surface area contributed by atoms with Crippen molar-refractivity contribution in [1.29, 1.82) is 0 Å². The molecule has 0 saturated carbocycles. The van der Waals surface area contributed by atoms with Gasteiger partial charge >= 0.3 is 0 Å². The van der Waals surface area contributed by atoms with Crippen LogP contribution in [0, 0.1) is 5.92 Å². The molecule has 2 heterocycles. The molecule has 0 radical (unpaired) electrons. The van der Waals surface area contributed by atoms with Gasteiger partial charge < -0.3 is 14.5 Å². The van der Waals surface area contributed by atoms with Gasteiger partial charge in [0.05, 0.1) is 25.6 Å². The van der Waals surface area contributed by atoms with Crippen LogP contribution >= 0.6 is 11.3 Å². The second kappa shape index (κ2) is 8.40. The van der Waals surface area contributed by atoms with Gasteiger partial charge in [-0.05, 0) is 62.4 Å². The molecule has 0 saturated heterocycles. The molecule has 0 aliphatic heterocycles. The molecule has 3 aromatic rings. The van der Waals surface area contributed by atoms with E-state index in [0.717, 1.165) is 35.0 Å². The van der Waals surface area contributed by atoms with Gasteiger partial charge in [0.15, 0.2) is 11.5 Å². The summed E-state index contributed by atoms with van der Waals surface area (Å²) >= 11 is 1.69. The Kier molecular flexibility index (Phi) is 5.84. The summed E-state index contributed by atoms with van der Waals surface area (Å²) in [6.07, 6.45) is 3.18. The minimum Gasteiger partial charge on any atom is -0.493 e. The molecule has 0 unspecified atom stereocenters. The molecule has 1 aliphatic rings. The zero-order valence-electron chi connectivity index (χ0n) is 18.2. The zero-order valence-corrected chi connectivity index (χ0v) is 19.1. The molecular weight excluding hydrogens is 398 g/mol. The van der Waals surface area contributed by atoms with Crippen LogP contribution in [0.5, 0.6) is 11.5 Å². The van der Waals surface area contributed by atoms with E-state index >= 15 is 0 Å². The maximum Gasteiger partial charge on any atom is 0.259 e. The Labute approximate surface area is 180 Å². The maximum atomic E-state index is 12.9. The predicted octanol–water partition coefficient (Wildman–Crippen LogP) is 4.32. The summed E-state index contributed by atoms with van der Waals surface area (Å²) in [5.74, 6) is 2.81. The summed E-state index contributed by atoms with van der Waals surface area (Å²) in [4.78, 5) is 25.2. The first-order valence-corrected chi connectivity index (χ1v) is 11.2. The van der Waals surface area contributed by atoms with E-state index in [9.17, 15) is 4.79 Å². The molecule has 160 valence electrons. The first-order chi connectivity index (χ1) is 14.4. The van der Waals surface area contributed by atoms with Crippen LogP contribution in [0.25, 0.3) is 10.2 Å². The van der Waals surface area contributed by atoms with Gasteiger partial charge in [0.2, 0.25) is 0 Å². The zero-order chi connectivity index (χ0) is 21.4. The number of H-pyrrole nitrogens is 1. The molecule has 0 bridgehead atoms. The number of aromatic nitrogens is 2. The van der Waals surface area contributed by atoms with Crippen molar-refractivity contribution in [3.63, 3.8) is 0 Å². The lowest BCUT2D eigenvalue weighted by atomic mass is 9.89. The number of fused-ring (bicyclic) bond motifs is 3. The van der Waals surface area contributed by atoms with Crippen molar-refractivity contribution in [2.75, 3.05) is 21.3 Å². The molecule has 0 fully saturated rings. The number of hydrogen-bond acceptors (Lipinski definition) is 6. The number of rotatable bonds is 6. The Morgan fingerprint density at radius 2 is 2.07 bits per heavy atom. The average molecular weight is 428 g/mol. The largest absolute Gasteiger partial charge is 0.493 e. The molecule has 30 heavy (non-hydrogen) atoms. The summed E-state index contributed by atoms with van der Waals surface area (Å²) < 4.78 is 10.7. The molecule has 4 rings (SSSR count). The fraction of sp³-hybridized carbons (Fsp3) is 0.478. The molecular formula is C23H29N3O3S. The summed E-state index contributed by atoms with van der Waals surface area (Å²) in [6, 6.07) is 5.89. The van der Waals surface area contributed by atoms with Crippen LogP contribution in [0.2, 0.25) is 0 Å². The highest BCUT2D eigenvalue weighted by Crippen LogP contribution is 2.36. The van der Waals surface area contributed by atoms with Crippen molar-refractivity contribution in [3.05, 3.63) is 50.4 Å². The summed E-state index contributed by atoms with van der Waals surface area (Å²) in [7, 11) is 5.30. The fourth-order valence-corrected chi connectivity index (χ4v) is 5.57. The summed E-state index contributed by atoms with van der Waals surface area (Å²) in [5.41, 5.74) is 2.32. The van der Waals surface area contributed by atoms with Crippen LogP contribution in [0.3, 0.4) is 0 Å². The normalized spacial score (nSPS) is 17.2. The van der Waals surface area contributed by atoms with Gasteiger partial charge in [-0.3, -0.25) is 9.69 Å². The number of hydrogen-bond donors (Lipinski definition) is 1. The van der Waals surface area contributed by atoms with Gasteiger partial charge in [0.1, 0.15) is 10.7 Å². The number of aryl methyl sites for hydroxylation is 1. The quantitative estimate of drug-likeness (QED) is 0.635. The highest BCUT2D eigenvalue weighted by atomic mass is 32.1. The van der Waals surface area contributed by atoms with Gasteiger partial charge in [0.25, 0.3) is 5.56 Å². The van der Waals surface area contributed by atoms with E-state index < -0.39 is 0 Å². The van der Waals surface area contributed by atoms with E-state index in [1.165, 1.54) is 10.4 Å². The summed E-state index contributed by atoms with van der Waals surface area (Å²) in [5, 5.41) is 0.806. The van der Waals surface area contributed by atoms with Crippen LogP contribution < -0.4 is 15.0 Å². The molecule has 1 N–H and O–H groups in total. The third-order valence-corrected chi connectivity index (χ3v) is 7.27. The molecule has 6 nitrogen and oxygen atoms in total. The lowest BCUT2D eigenvalue weighted by Crippen LogP contribution is -2.26. The number of benzene rings is 1. The van der Waals surface area contributed by atoms with Crippen molar-refractivity contribution in [2.45, 2.75) is 45.7 Å². The highest BCUT2D eigenvalue weighted by Gasteiger charge is 2.24. The first-order valence-electron chi connectivity index (χ1n) is 10.4. The first kappa shape index (κ1) is 20.9. The molecule has 1 aromatic carbocycles. The maximum absolute atomic E-state index is 12.9. The number of thiophene rings is 1. The number of nitrogens with zero attached hydrogens (tertiary/aromatic N) is 2. The minimum atomic E-state index is -0.0340. The van der Waals surface area contributed by atoms with E-state index in [1.807, 2.05) is 25.2 Å². The second-order valence-corrected chi connectivity index (χ2v) is 9.35. The smallest absolute Gasteiger partial charge is 0.259 e. The molecule has 0 amide bonds. The SMILES string of the molecule is COc1ccc(CN(C)[C@@H](C)c2nc3sc4c(c3c(=O)[nH]2)CC[C@H](C)C4)cc1OC. The topological polar surface area (TPSA) is 67.5 Å². The number of ether oxygens (including phenoxy) is 2. The third kappa shape index (κ3) is 3.84. The van der Waals surface area contributed by atoms with Crippen molar-refractivity contribution in [2.24, 2.45) is 5.92 Å². The summed E-state index contributed by atoms with van der Waals surface area (Å²) in [6.45, 7) is 5.05. The number of methoxy groups -OCH3 is 2. The van der Waals surface area contributed by atoms with Gasteiger partial charge in [-0.15, -0.1) is 11.3 Å². The van der Waals surface area contributed by atoms with Crippen molar-refractivity contribution >= 4 is 21.6 Å². The van der Waals surface area contributed by atoms with Gasteiger partial charge in [0, 0.05) is 11.4 Å².